The molecule has 2 fully saturated rings. The molecule has 1 aliphatic heterocycles. The smallest absolute Gasteiger partial charge is 0.253 e. The molecule has 0 aromatic heterocycles. The molecular weight excluding hydrogens is 244 g/mol. The van der Waals surface area contributed by atoms with Gasteiger partial charge in [-0.25, -0.2) is 0 Å². The van der Waals surface area contributed by atoms with Gasteiger partial charge < -0.3 is 20.9 Å². The summed E-state index contributed by atoms with van der Waals surface area (Å²) in [7, 11) is 0. The number of phenolic OH excluding ortho intramolecular Hbond substituents is 1. The standard InChI is InChI=1S/C14H18N2O3/c15-11-4-3-9(17)7-10(11)14(18)16-12-5-6-19-13(12)8-1-2-8/h3-4,7-8,12-13,17H,1-2,5-6,15H2,(H,16,18). The Morgan fingerprint density at radius 3 is 2.89 bits per heavy atom. The summed E-state index contributed by atoms with van der Waals surface area (Å²) < 4.78 is 5.68. The zero-order valence-electron chi connectivity index (χ0n) is 10.6. The summed E-state index contributed by atoms with van der Waals surface area (Å²) in [6.45, 7) is 0.696. The minimum Gasteiger partial charge on any atom is -0.508 e. The van der Waals surface area contributed by atoms with Gasteiger partial charge in [0.1, 0.15) is 5.75 Å². The first-order valence-corrected chi connectivity index (χ1v) is 6.66. The molecule has 1 heterocycles. The van der Waals surface area contributed by atoms with Gasteiger partial charge in [0.2, 0.25) is 0 Å². The number of hydrogen-bond donors (Lipinski definition) is 3. The number of nitrogen functional groups attached to an aromatic ring is 1. The Labute approximate surface area is 111 Å². The maximum Gasteiger partial charge on any atom is 0.253 e. The Hall–Kier alpha value is -1.75. The van der Waals surface area contributed by atoms with Crippen LogP contribution in [-0.4, -0.2) is 29.8 Å². The number of rotatable bonds is 3. The van der Waals surface area contributed by atoms with Crippen LogP contribution in [0.3, 0.4) is 0 Å². The number of hydrogen-bond acceptors (Lipinski definition) is 4. The highest BCUT2D eigenvalue weighted by atomic mass is 16.5. The van der Waals surface area contributed by atoms with Crippen LogP contribution in [-0.2, 0) is 4.74 Å². The van der Waals surface area contributed by atoms with Gasteiger partial charge in [0.05, 0.1) is 17.7 Å². The van der Waals surface area contributed by atoms with Gasteiger partial charge in [0, 0.05) is 12.3 Å². The minimum atomic E-state index is -0.241. The van der Waals surface area contributed by atoms with Gasteiger partial charge in [-0.05, 0) is 43.4 Å². The molecule has 19 heavy (non-hydrogen) atoms. The van der Waals surface area contributed by atoms with Crippen LogP contribution in [0.2, 0.25) is 0 Å². The summed E-state index contributed by atoms with van der Waals surface area (Å²) in [6.07, 6.45) is 3.35. The van der Waals surface area contributed by atoms with E-state index in [1.165, 1.54) is 31.0 Å². The van der Waals surface area contributed by atoms with Crippen molar-refractivity contribution in [2.75, 3.05) is 12.3 Å². The van der Waals surface area contributed by atoms with Crippen LogP contribution in [0, 0.1) is 5.92 Å². The lowest BCUT2D eigenvalue weighted by Gasteiger charge is -2.20. The summed E-state index contributed by atoms with van der Waals surface area (Å²) in [4.78, 5) is 12.2. The second-order valence-electron chi connectivity index (χ2n) is 5.31. The van der Waals surface area contributed by atoms with Gasteiger partial charge in [-0.1, -0.05) is 0 Å². The predicted octanol–water partition coefficient (Wildman–Crippen LogP) is 1.27. The summed E-state index contributed by atoms with van der Waals surface area (Å²) in [5, 5.41) is 12.4. The van der Waals surface area contributed by atoms with Gasteiger partial charge in [-0.15, -0.1) is 0 Å². The fraction of sp³-hybridized carbons (Fsp3) is 0.500. The van der Waals surface area contributed by atoms with E-state index in [0.717, 1.165) is 6.42 Å². The normalized spacial score (nSPS) is 26.3. The number of carbonyl (C=O) groups excluding carboxylic acids is 1. The van der Waals surface area contributed by atoms with Crippen molar-refractivity contribution in [2.45, 2.75) is 31.4 Å². The quantitative estimate of drug-likeness (QED) is 0.566. The molecule has 102 valence electrons. The molecule has 1 aliphatic carbocycles. The third-order valence-corrected chi connectivity index (χ3v) is 3.82. The molecule has 5 nitrogen and oxygen atoms in total. The van der Waals surface area contributed by atoms with Crippen LogP contribution in [0.5, 0.6) is 5.75 Å². The summed E-state index contributed by atoms with van der Waals surface area (Å²) >= 11 is 0. The molecule has 3 rings (SSSR count). The first kappa shape index (κ1) is 12.3. The van der Waals surface area contributed by atoms with E-state index in [-0.39, 0.29) is 23.8 Å². The van der Waals surface area contributed by atoms with E-state index >= 15 is 0 Å². The average molecular weight is 262 g/mol. The molecule has 0 bridgehead atoms. The molecule has 0 spiro atoms. The third kappa shape index (κ3) is 2.51. The molecular formula is C14H18N2O3. The lowest BCUT2D eigenvalue weighted by Crippen LogP contribution is -2.41. The second-order valence-corrected chi connectivity index (χ2v) is 5.31. The maximum absolute atomic E-state index is 12.2. The molecule has 2 aliphatic rings. The van der Waals surface area contributed by atoms with Gasteiger partial charge in [0.25, 0.3) is 5.91 Å². The van der Waals surface area contributed by atoms with E-state index in [1.54, 1.807) is 0 Å². The first-order chi connectivity index (χ1) is 9.15. The number of anilines is 1. The minimum absolute atomic E-state index is 0.0424. The number of aromatic hydroxyl groups is 1. The third-order valence-electron chi connectivity index (χ3n) is 3.82. The molecule has 1 aromatic rings. The molecule has 5 heteroatoms. The van der Waals surface area contributed by atoms with Crippen molar-refractivity contribution in [2.24, 2.45) is 5.92 Å². The highest BCUT2D eigenvalue weighted by Gasteiger charge is 2.41. The van der Waals surface area contributed by atoms with Crippen molar-refractivity contribution < 1.29 is 14.6 Å². The van der Waals surface area contributed by atoms with Crippen molar-refractivity contribution in [3.05, 3.63) is 23.8 Å². The molecule has 4 N–H and O–H groups in total. The van der Waals surface area contributed by atoms with E-state index in [9.17, 15) is 9.90 Å². The lowest BCUT2D eigenvalue weighted by atomic mass is 10.1. The van der Waals surface area contributed by atoms with Crippen LogP contribution in [0.15, 0.2) is 18.2 Å². The number of benzene rings is 1. The first-order valence-electron chi connectivity index (χ1n) is 6.66. The molecule has 1 aromatic carbocycles. The maximum atomic E-state index is 12.2. The topological polar surface area (TPSA) is 84.6 Å². The van der Waals surface area contributed by atoms with E-state index in [1.807, 2.05) is 0 Å². The van der Waals surface area contributed by atoms with E-state index < -0.39 is 0 Å². The van der Waals surface area contributed by atoms with E-state index in [4.69, 9.17) is 10.5 Å². The van der Waals surface area contributed by atoms with Gasteiger partial charge in [-0.2, -0.15) is 0 Å². The Balaban J connectivity index is 1.72. The Kier molecular flexibility index (Phi) is 3.06. The molecule has 2 unspecified atom stereocenters. The Bertz CT molecular complexity index is 499. The highest BCUT2D eigenvalue weighted by molar-refractivity contribution is 5.99. The fourth-order valence-electron chi connectivity index (χ4n) is 2.64. The van der Waals surface area contributed by atoms with Crippen molar-refractivity contribution in [1.29, 1.82) is 0 Å². The van der Waals surface area contributed by atoms with Crippen molar-refractivity contribution in [1.82, 2.24) is 5.32 Å². The second kappa shape index (κ2) is 4.74. The largest absolute Gasteiger partial charge is 0.508 e. The monoisotopic (exact) mass is 262 g/mol. The van der Waals surface area contributed by atoms with Crippen molar-refractivity contribution in [3.8, 4) is 5.75 Å². The number of carbonyl (C=O) groups is 1. The number of ether oxygens (including phenoxy) is 1. The lowest BCUT2D eigenvalue weighted by molar-refractivity contribution is 0.0730. The SMILES string of the molecule is Nc1ccc(O)cc1C(=O)NC1CCOC1C1CC1. The average Bonchev–Trinajstić information content (AvgIpc) is 3.13. The summed E-state index contributed by atoms with van der Waals surface area (Å²) in [5.41, 5.74) is 6.46. The van der Waals surface area contributed by atoms with Crippen molar-refractivity contribution >= 4 is 11.6 Å². The van der Waals surface area contributed by atoms with Crippen molar-refractivity contribution in [3.63, 3.8) is 0 Å². The van der Waals surface area contributed by atoms with Gasteiger partial charge in [0.15, 0.2) is 0 Å². The summed E-state index contributed by atoms with van der Waals surface area (Å²) in [6, 6.07) is 4.46. The Morgan fingerprint density at radius 1 is 1.37 bits per heavy atom. The van der Waals surface area contributed by atoms with E-state index in [0.29, 0.717) is 23.8 Å². The zero-order chi connectivity index (χ0) is 13.4. The van der Waals surface area contributed by atoms with Gasteiger partial charge >= 0.3 is 0 Å². The van der Waals surface area contributed by atoms with Crippen LogP contribution in [0.1, 0.15) is 29.6 Å². The van der Waals surface area contributed by atoms with Crippen LogP contribution >= 0.6 is 0 Å². The van der Waals surface area contributed by atoms with Crippen LogP contribution in [0.25, 0.3) is 0 Å². The van der Waals surface area contributed by atoms with E-state index in [2.05, 4.69) is 5.32 Å². The predicted molar refractivity (Wildman–Crippen MR) is 70.9 cm³/mol. The van der Waals surface area contributed by atoms with Crippen LogP contribution in [0.4, 0.5) is 5.69 Å². The Morgan fingerprint density at radius 2 is 2.16 bits per heavy atom. The van der Waals surface area contributed by atoms with Crippen LogP contribution < -0.4 is 11.1 Å². The zero-order valence-corrected chi connectivity index (χ0v) is 10.6. The molecule has 0 radical (unpaired) electrons. The highest BCUT2D eigenvalue weighted by Crippen LogP contribution is 2.38. The molecule has 1 saturated heterocycles. The molecule has 2 atom stereocenters. The molecule has 1 saturated carbocycles. The number of nitrogens with one attached hydrogen (secondary N) is 1. The summed E-state index contributed by atoms with van der Waals surface area (Å²) in [5.74, 6) is 0.393. The number of amides is 1. The van der Waals surface area contributed by atoms with Gasteiger partial charge in [-0.3, -0.25) is 4.79 Å². The number of phenols is 1. The number of nitrogens with two attached hydrogens (primary N) is 1. The fourth-order valence-corrected chi connectivity index (χ4v) is 2.64. The molecule has 1 amide bonds.